The summed E-state index contributed by atoms with van der Waals surface area (Å²) in [5, 5.41) is 4.99. The summed E-state index contributed by atoms with van der Waals surface area (Å²) in [6.45, 7) is 0. The summed E-state index contributed by atoms with van der Waals surface area (Å²) in [6, 6.07) is 76.6. The quantitative estimate of drug-likeness (QED) is 0.152. The third-order valence-electron chi connectivity index (χ3n) is 15.5. The van der Waals surface area contributed by atoms with Crippen LogP contribution in [0.25, 0.3) is 110 Å². The van der Waals surface area contributed by atoms with Gasteiger partial charge >= 0.3 is 0 Å². The minimum Gasteiger partial charge on any atom is -0.332 e. The van der Waals surface area contributed by atoms with Crippen LogP contribution in [0.1, 0.15) is 18.4 Å². The average molecular weight is 978 g/mol. The van der Waals surface area contributed by atoms with Crippen LogP contribution in [0.2, 0.25) is 0 Å². The van der Waals surface area contributed by atoms with Crippen molar-refractivity contribution >= 4 is 70.3 Å². The predicted octanol–water partition coefficient (Wildman–Crippen LogP) is 18.0. The molecule has 75 heavy (non-hydrogen) atoms. The molecule has 0 fully saturated rings. The normalized spacial score (nSPS) is 15.9. The third-order valence-corrected chi connectivity index (χ3v) is 16.7. The predicted molar refractivity (Wildman–Crippen MR) is 314 cm³/mol. The summed E-state index contributed by atoms with van der Waals surface area (Å²) in [6.07, 6.45) is 15.8. The third kappa shape index (κ3) is 7.24. The van der Waals surface area contributed by atoms with Crippen LogP contribution in [-0.4, -0.2) is 25.6 Å². The van der Waals surface area contributed by atoms with E-state index in [4.69, 9.17) is 15.0 Å². The lowest BCUT2D eigenvalue weighted by Crippen LogP contribution is -2.30. The van der Waals surface area contributed by atoms with E-state index in [-0.39, 0.29) is 6.04 Å². The Hall–Kier alpha value is -9.23. The van der Waals surface area contributed by atoms with Gasteiger partial charge in [-0.25, -0.2) is 15.0 Å². The molecule has 0 saturated carbocycles. The zero-order chi connectivity index (χ0) is 49.4. The lowest BCUT2D eigenvalue weighted by Gasteiger charge is -2.33. The second kappa shape index (κ2) is 17.8. The first kappa shape index (κ1) is 43.4. The molecule has 0 radical (unpaired) electrons. The summed E-state index contributed by atoms with van der Waals surface area (Å²) >= 11 is 1.81. The highest BCUT2D eigenvalue weighted by Gasteiger charge is 2.41. The lowest BCUT2D eigenvalue weighted by molar-refractivity contribution is 0.676. The molecule has 1 aliphatic heterocycles. The van der Waals surface area contributed by atoms with E-state index in [1.807, 2.05) is 17.4 Å². The number of hydrogen-bond acceptors (Lipinski definition) is 5. The largest absolute Gasteiger partial charge is 0.332 e. The van der Waals surface area contributed by atoms with Crippen LogP contribution in [0.3, 0.4) is 0 Å². The van der Waals surface area contributed by atoms with E-state index < -0.39 is 0 Å². The summed E-state index contributed by atoms with van der Waals surface area (Å²) in [5.74, 6) is 2.23. The van der Waals surface area contributed by atoms with Gasteiger partial charge in [-0.3, -0.25) is 0 Å². The molecule has 5 nitrogen and oxygen atoms in total. The molecule has 9 aromatic carbocycles. The van der Waals surface area contributed by atoms with Crippen molar-refractivity contribution in [1.82, 2.24) is 19.5 Å². The maximum absolute atomic E-state index is 5.51. The Morgan fingerprint density at radius 3 is 1.96 bits per heavy atom. The molecule has 0 N–H and O–H groups in total. The molecule has 6 heteroatoms. The maximum atomic E-state index is 5.51. The Morgan fingerprint density at radius 1 is 0.453 bits per heavy atom. The number of benzene rings is 9. The monoisotopic (exact) mass is 977 g/mol. The van der Waals surface area contributed by atoms with Gasteiger partial charge in [-0.05, 0) is 95.3 Å². The number of hydrogen-bond donors (Lipinski definition) is 0. The summed E-state index contributed by atoms with van der Waals surface area (Å²) in [5.41, 5.74) is 17.3. The Morgan fingerprint density at radius 2 is 1.13 bits per heavy atom. The molecule has 3 aliphatic rings. The van der Waals surface area contributed by atoms with Crippen LogP contribution in [0.4, 0.5) is 11.4 Å². The van der Waals surface area contributed by atoms with E-state index >= 15 is 0 Å². The Bertz CT molecular complexity index is 4370. The number of thiophene rings is 1. The zero-order valence-corrected chi connectivity index (χ0v) is 41.7. The molecule has 0 spiro atoms. The fourth-order valence-corrected chi connectivity index (χ4v) is 13.2. The van der Waals surface area contributed by atoms with Gasteiger partial charge in [-0.1, -0.05) is 200 Å². The van der Waals surface area contributed by atoms with Gasteiger partial charge in [0.1, 0.15) is 0 Å². The molecule has 12 aromatic rings. The minimum atomic E-state index is -0.0136. The Labute approximate surface area is 439 Å². The van der Waals surface area contributed by atoms with Gasteiger partial charge in [0, 0.05) is 70.5 Å². The Balaban J connectivity index is 0.976. The van der Waals surface area contributed by atoms with E-state index in [2.05, 4.69) is 252 Å². The van der Waals surface area contributed by atoms with Crippen molar-refractivity contribution < 1.29 is 0 Å². The van der Waals surface area contributed by atoms with Crippen molar-refractivity contribution in [2.24, 2.45) is 5.92 Å². The highest BCUT2D eigenvalue weighted by atomic mass is 32.1. The van der Waals surface area contributed by atoms with Crippen LogP contribution in [0.5, 0.6) is 0 Å². The average Bonchev–Trinajstić information content (AvgIpc) is 4.20. The molecular formula is C69H47N5S. The number of allylic oxidation sites excluding steroid dienone is 6. The van der Waals surface area contributed by atoms with E-state index in [0.717, 1.165) is 52.0 Å². The van der Waals surface area contributed by atoms with Gasteiger partial charge in [0.15, 0.2) is 17.5 Å². The first-order valence-corrected chi connectivity index (χ1v) is 26.7. The van der Waals surface area contributed by atoms with Gasteiger partial charge in [0.05, 0.1) is 22.8 Å². The zero-order valence-electron chi connectivity index (χ0n) is 40.9. The molecular weight excluding hydrogens is 931 g/mol. The molecule has 2 atom stereocenters. The molecule has 15 rings (SSSR count). The second-order valence-electron chi connectivity index (χ2n) is 19.8. The van der Waals surface area contributed by atoms with Crippen molar-refractivity contribution in [2.45, 2.75) is 18.9 Å². The molecule has 4 heterocycles. The van der Waals surface area contributed by atoms with Gasteiger partial charge in [-0.15, -0.1) is 11.3 Å². The minimum absolute atomic E-state index is 0.0136. The topological polar surface area (TPSA) is 46.8 Å². The number of fused-ring (bicyclic) bond motifs is 9. The van der Waals surface area contributed by atoms with Gasteiger partial charge in [-0.2, -0.15) is 0 Å². The van der Waals surface area contributed by atoms with Crippen LogP contribution < -0.4 is 4.90 Å². The Kier molecular flexibility index (Phi) is 10.3. The molecule has 0 saturated heterocycles. The van der Waals surface area contributed by atoms with Crippen LogP contribution in [-0.2, 0) is 0 Å². The number of anilines is 2. The fraction of sp³-hybridized carbons (Fsp3) is 0.0580. The number of aromatic nitrogens is 4. The van der Waals surface area contributed by atoms with Crippen LogP contribution in [0, 0.1) is 5.92 Å². The van der Waals surface area contributed by atoms with Gasteiger partial charge in [0.2, 0.25) is 0 Å². The highest BCUT2D eigenvalue weighted by Crippen LogP contribution is 2.55. The lowest BCUT2D eigenvalue weighted by atomic mass is 9.81. The van der Waals surface area contributed by atoms with Crippen LogP contribution >= 0.6 is 11.3 Å². The molecule has 0 bridgehead atoms. The van der Waals surface area contributed by atoms with Crippen molar-refractivity contribution in [3.8, 4) is 62.1 Å². The van der Waals surface area contributed by atoms with Crippen LogP contribution in [0.15, 0.2) is 254 Å². The fourth-order valence-electron chi connectivity index (χ4n) is 12.1. The van der Waals surface area contributed by atoms with Crippen molar-refractivity contribution in [2.75, 3.05) is 4.90 Å². The molecule has 354 valence electrons. The molecule has 3 aromatic heterocycles. The van der Waals surface area contributed by atoms with Gasteiger partial charge in [0.25, 0.3) is 0 Å². The van der Waals surface area contributed by atoms with Gasteiger partial charge < -0.3 is 9.47 Å². The van der Waals surface area contributed by atoms with E-state index in [1.165, 1.54) is 75.5 Å². The molecule has 0 amide bonds. The molecule has 2 aliphatic carbocycles. The highest BCUT2D eigenvalue weighted by molar-refractivity contribution is 7.25. The first-order chi connectivity index (χ1) is 37.2. The summed E-state index contributed by atoms with van der Waals surface area (Å²) in [7, 11) is 0. The van der Waals surface area contributed by atoms with E-state index in [1.54, 1.807) is 0 Å². The standard InChI is InChI=1S/C69H47N5S/c1-5-19-44(20-6-1)47-35-39-56-61(41-47)74(60-33-18-30-54(66(56)60)53-29-17-32-59-65(53)55-28-13-15-31-58(55)73(59)50-25-11-4-12-26-50)62-42-48(45-21-7-2-8-22-45)36-40-57(62)69-71-67(46-23-9-3-10-24-46)70-68(72-69)49-37-38-52-51-27-14-16-34-63(51)75-64(52)43-49/h1-19,21-40,42-44,61H,20,41H2. The summed E-state index contributed by atoms with van der Waals surface area (Å²) < 4.78 is 4.89. The smallest absolute Gasteiger partial charge is 0.166 e. The van der Waals surface area contributed by atoms with E-state index in [9.17, 15) is 0 Å². The number of rotatable bonds is 8. The first-order valence-electron chi connectivity index (χ1n) is 25.9. The van der Waals surface area contributed by atoms with E-state index in [0.29, 0.717) is 23.4 Å². The van der Waals surface area contributed by atoms with Crippen molar-refractivity contribution in [1.29, 1.82) is 0 Å². The summed E-state index contributed by atoms with van der Waals surface area (Å²) in [4.78, 5) is 18.8. The molecule has 2 unspecified atom stereocenters. The maximum Gasteiger partial charge on any atom is 0.166 e. The SMILES string of the molecule is C1=CCC(C2=CC=C3c4c(-c5cccc6c5c5ccccc5n6-c5ccccc5)cccc4N(c4cc(-c5ccccc5)ccc4-c4nc(-c5ccccc5)nc(-c5ccc6c(c5)sc5ccccc56)n4)C3C2)C=C1. The number of nitrogens with zero attached hydrogens (tertiary/aromatic N) is 5. The van der Waals surface area contributed by atoms with Crippen molar-refractivity contribution in [3.05, 3.63) is 260 Å². The number of para-hydroxylation sites is 2. The van der Waals surface area contributed by atoms with Crippen molar-refractivity contribution in [3.63, 3.8) is 0 Å². The second-order valence-corrected chi connectivity index (χ2v) is 20.9.